The van der Waals surface area contributed by atoms with Crippen LogP contribution >= 0.6 is 11.6 Å². The maximum atomic E-state index is 11.7. The molecule has 1 rings (SSSR count). The first kappa shape index (κ1) is 14.0. The van der Waals surface area contributed by atoms with E-state index in [-0.39, 0.29) is 11.9 Å². The van der Waals surface area contributed by atoms with Crippen molar-refractivity contribution in [3.63, 3.8) is 0 Å². The lowest BCUT2D eigenvalue weighted by atomic mass is 9.96. The topological polar surface area (TPSA) is 29.1 Å². The van der Waals surface area contributed by atoms with Crippen molar-refractivity contribution in [2.75, 3.05) is 5.88 Å². The van der Waals surface area contributed by atoms with Crippen molar-refractivity contribution in [2.45, 2.75) is 32.7 Å². The van der Waals surface area contributed by atoms with Crippen LogP contribution in [0, 0.1) is 5.92 Å². The second kappa shape index (κ2) is 7.33. The molecular weight excluding hydrogens is 234 g/mol. The summed E-state index contributed by atoms with van der Waals surface area (Å²) >= 11 is 5.58. The zero-order valence-corrected chi connectivity index (χ0v) is 11.2. The van der Waals surface area contributed by atoms with E-state index in [1.807, 2.05) is 30.3 Å². The molecule has 1 unspecified atom stereocenters. The van der Waals surface area contributed by atoms with Gasteiger partial charge in [0.25, 0.3) is 0 Å². The van der Waals surface area contributed by atoms with Gasteiger partial charge in [-0.2, -0.15) is 0 Å². The van der Waals surface area contributed by atoms with E-state index in [2.05, 4.69) is 19.2 Å². The van der Waals surface area contributed by atoms with Crippen LogP contribution in [0.4, 0.5) is 0 Å². The lowest BCUT2D eigenvalue weighted by Gasteiger charge is -2.22. The molecule has 0 aliphatic rings. The lowest BCUT2D eigenvalue weighted by Crippen LogP contribution is -2.31. The van der Waals surface area contributed by atoms with E-state index < -0.39 is 0 Å². The second-order valence-electron chi connectivity index (χ2n) is 4.49. The van der Waals surface area contributed by atoms with Crippen LogP contribution in [0.3, 0.4) is 0 Å². The zero-order valence-electron chi connectivity index (χ0n) is 10.4. The molecule has 1 N–H and O–H groups in total. The average Bonchev–Trinajstić information content (AvgIpc) is 2.34. The van der Waals surface area contributed by atoms with E-state index in [0.717, 1.165) is 12.0 Å². The molecule has 0 saturated heterocycles. The third-order valence-electron chi connectivity index (χ3n) is 2.68. The Morgan fingerprint density at radius 1 is 1.29 bits per heavy atom. The molecule has 1 amide bonds. The molecule has 1 aromatic carbocycles. The van der Waals surface area contributed by atoms with Gasteiger partial charge < -0.3 is 5.32 Å². The van der Waals surface area contributed by atoms with Gasteiger partial charge in [0.1, 0.15) is 0 Å². The number of nitrogens with one attached hydrogen (secondary N) is 1. The van der Waals surface area contributed by atoms with Crippen LogP contribution < -0.4 is 5.32 Å². The minimum Gasteiger partial charge on any atom is -0.349 e. The third-order valence-corrected chi connectivity index (χ3v) is 2.95. The standard InChI is InChI=1S/C14H20ClNO/c1-11(2)14(12-7-4-3-5-8-12)16-13(17)9-6-10-15/h3-5,7-8,11,14H,6,9-10H2,1-2H3,(H,16,17). The molecule has 17 heavy (non-hydrogen) atoms. The molecule has 1 atom stereocenters. The molecule has 0 fully saturated rings. The van der Waals surface area contributed by atoms with Crippen LogP contribution in [-0.4, -0.2) is 11.8 Å². The zero-order chi connectivity index (χ0) is 12.7. The molecule has 0 spiro atoms. The van der Waals surface area contributed by atoms with Crippen molar-refractivity contribution in [1.82, 2.24) is 5.32 Å². The van der Waals surface area contributed by atoms with Gasteiger partial charge in [0.05, 0.1) is 6.04 Å². The number of benzene rings is 1. The molecule has 1 aromatic rings. The van der Waals surface area contributed by atoms with E-state index in [1.165, 1.54) is 0 Å². The quantitative estimate of drug-likeness (QED) is 0.773. The second-order valence-corrected chi connectivity index (χ2v) is 4.87. The number of rotatable bonds is 6. The SMILES string of the molecule is CC(C)C(NC(=O)CCCCl)c1ccccc1. The van der Waals surface area contributed by atoms with Crippen LogP contribution in [0.15, 0.2) is 30.3 Å². The highest BCUT2D eigenvalue weighted by atomic mass is 35.5. The molecule has 0 heterocycles. The molecule has 3 heteroatoms. The van der Waals surface area contributed by atoms with Crippen LogP contribution in [0.25, 0.3) is 0 Å². The smallest absolute Gasteiger partial charge is 0.220 e. The van der Waals surface area contributed by atoms with E-state index in [4.69, 9.17) is 11.6 Å². The molecule has 0 aliphatic carbocycles. The highest BCUT2D eigenvalue weighted by Crippen LogP contribution is 2.21. The molecule has 94 valence electrons. The molecule has 0 saturated carbocycles. The number of halogens is 1. The van der Waals surface area contributed by atoms with E-state index >= 15 is 0 Å². The molecule has 0 bridgehead atoms. The van der Waals surface area contributed by atoms with Crippen molar-refractivity contribution >= 4 is 17.5 Å². The average molecular weight is 254 g/mol. The molecule has 0 radical (unpaired) electrons. The summed E-state index contributed by atoms with van der Waals surface area (Å²) in [6.07, 6.45) is 1.23. The summed E-state index contributed by atoms with van der Waals surface area (Å²) in [6, 6.07) is 10.2. The fraction of sp³-hybridized carbons (Fsp3) is 0.500. The Balaban J connectivity index is 2.65. The van der Waals surface area contributed by atoms with E-state index in [0.29, 0.717) is 18.2 Å². The minimum atomic E-state index is 0.0770. The summed E-state index contributed by atoms with van der Waals surface area (Å²) in [6.45, 7) is 4.22. The fourth-order valence-corrected chi connectivity index (χ4v) is 1.90. The summed E-state index contributed by atoms with van der Waals surface area (Å²) in [5, 5.41) is 3.07. The van der Waals surface area contributed by atoms with Crippen LogP contribution in [-0.2, 0) is 4.79 Å². The Bertz CT molecular complexity index is 337. The molecular formula is C14H20ClNO. The predicted octanol–water partition coefficient (Wildman–Crippen LogP) is 3.52. The minimum absolute atomic E-state index is 0.0770. The van der Waals surface area contributed by atoms with Gasteiger partial charge in [-0.15, -0.1) is 11.6 Å². The third kappa shape index (κ3) is 4.78. The number of carbonyl (C=O) groups is 1. The number of alkyl halides is 1. The van der Waals surface area contributed by atoms with Gasteiger partial charge in [-0.25, -0.2) is 0 Å². The Hall–Kier alpha value is -1.02. The Kier molecular flexibility index (Phi) is 6.06. The van der Waals surface area contributed by atoms with Gasteiger partial charge in [0.2, 0.25) is 5.91 Å². The van der Waals surface area contributed by atoms with Crippen LogP contribution in [0.2, 0.25) is 0 Å². The molecule has 0 aromatic heterocycles. The van der Waals surface area contributed by atoms with Gasteiger partial charge in [-0.3, -0.25) is 4.79 Å². The number of carbonyl (C=O) groups excluding carboxylic acids is 1. The molecule has 0 aliphatic heterocycles. The number of amides is 1. The van der Waals surface area contributed by atoms with Crippen molar-refractivity contribution in [3.8, 4) is 0 Å². The summed E-state index contributed by atoms with van der Waals surface area (Å²) < 4.78 is 0. The number of hydrogen-bond donors (Lipinski definition) is 1. The Morgan fingerprint density at radius 2 is 1.94 bits per heavy atom. The monoisotopic (exact) mass is 253 g/mol. The Morgan fingerprint density at radius 3 is 2.47 bits per heavy atom. The summed E-state index contributed by atoms with van der Waals surface area (Å²) in [7, 11) is 0. The van der Waals surface area contributed by atoms with Crippen molar-refractivity contribution in [1.29, 1.82) is 0 Å². The number of hydrogen-bond acceptors (Lipinski definition) is 1. The highest BCUT2D eigenvalue weighted by Gasteiger charge is 2.17. The summed E-state index contributed by atoms with van der Waals surface area (Å²) in [5.74, 6) is 0.982. The first-order valence-corrected chi connectivity index (χ1v) is 6.59. The van der Waals surface area contributed by atoms with Gasteiger partial charge in [0, 0.05) is 12.3 Å². The highest BCUT2D eigenvalue weighted by molar-refractivity contribution is 6.17. The fourth-order valence-electron chi connectivity index (χ4n) is 1.77. The van der Waals surface area contributed by atoms with Gasteiger partial charge >= 0.3 is 0 Å². The van der Waals surface area contributed by atoms with Crippen molar-refractivity contribution in [2.24, 2.45) is 5.92 Å². The first-order valence-electron chi connectivity index (χ1n) is 6.05. The van der Waals surface area contributed by atoms with Gasteiger partial charge in [0.15, 0.2) is 0 Å². The predicted molar refractivity (Wildman–Crippen MR) is 72.1 cm³/mol. The van der Waals surface area contributed by atoms with E-state index in [9.17, 15) is 4.79 Å². The van der Waals surface area contributed by atoms with Crippen molar-refractivity contribution in [3.05, 3.63) is 35.9 Å². The van der Waals surface area contributed by atoms with Crippen LogP contribution in [0.5, 0.6) is 0 Å². The molecule has 2 nitrogen and oxygen atoms in total. The summed E-state index contributed by atoms with van der Waals surface area (Å²) in [4.78, 5) is 11.7. The normalized spacial score (nSPS) is 12.5. The Labute approximate surface area is 108 Å². The maximum Gasteiger partial charge on any atom is 0.220 e. The largest absolute Gasteiger partial charge is 0.349 e. The van der Waals surface area contributed by atoms with Gasteiger partial charge in [-0.1, -0.05) is 44.2 Å². The van der Waals surface area contributed by atoms with Crippen molar-refractivity contribution < 1.29 is 4.79 Å². The summed E-state index contributed by atoms with van der Waals surface area (Å²) in [5.41, 5.74) is 1.15. The van der Waals surface area contributed by atoms with E-state index in [1.54, 1.807) is 0 Å². The lowest BCUT2D eigenvalue weighted by molar-refractivity contribution is -0.122. The van der Waals surface area contributed by atoms with Gasteiger partial charge in [-0.05, 0) is 17.9 Å². The van der Waals surface area contributed by atoms with Crippen LogP contribution in [0.1, 0.15) is 38.3 Å². The first-order chi connectivity index (χ1) is 8.15. The maximum absolute atomic E-state index is 11.7.